The maximum absolute atomic E-state index is 12.1. The SMILES string of the molecule is Cc1ccc(C(=O)N(C)C(C)CC#N)cc1Cl. The van der Waals surface area contributed by atoms with Crippen LogP contribution in [-0.4, -0.2) is 23.9 Å². The third-order valence-electron chi connectivity index (χ3n) is 2.79. The highest BCUT2D eigenvalue weighted by molar-refractivity contribution is 6.31. The van der Waals surface area contributed by atoms with Crippen LogP contribution in [-0.2, 0) is 0 Å². The highest BCUT2D eigenvalue weighted by atomic mass is 35.5. The summed E-state index contributed by atoms with van der Waals surface area (Å²) in [4.78, 5) is 13.6. The van der Waals surface area contributed by atoms with Gasteiger partial charge in [0.05, 0.1) is 12.5 Å². The lowest BCUT2D eigenvalue weighted by molar-refractivity contribution is 0.0746. The van der Waals surface area contributed by atoms with Crippen molar-refractivity contribution in [2.75, 3.05) is 7.05 Å². The van der Waals surface area contributed by atoms with Gasteiger partial charge < -0.3 is 4.90 Å². The Hall–Kier alpha value is -1.53. The van der Waals surface area contributed by atoms with Gasteiger partial charge in [0.1, 0.15) is 0 Å². The first kappa shape index (κ1) is 13.5. The second kappa shape index (κ2) is 5.70. The minimum absolute atomic E-state index is 0.104. The summed E-state index contributed by atoms with van der Waals surface area (Å²) >= 11 is 5.98. The van der Waals surface area contributed by atoms with Crippen molar-refractivity contribution in [3.8, 4) is 6.07 Å². The molecular weight excluding hydrogens is 236 g/mol. The molecule has 1 aromatic rings. The number of amides is 1. The van der Waals surface area contributed by atoms with Crippen molar-refractivity contribution < 1.29 is 4.79 Å². The topological polar surface area (TPSA) is 44.1 Å². The zero-order chi connectivity index (χ0) is 13.0. The third-order valence-corrected chi connectivity index (χ3v) is 3.19. The number of carbonyl (C=O) groups excluding carboxylic acids is 1. The highest BCUT2D eigenvalue weighted by Gasteiger charge is 2.17. The summed E-state index contributed by atoms with van der Waals surface area (Å²) in [5.74, 6) is -0.116. The Morgan fingerprint density at radius 1 is 1.59 bits per heavy atom. The Labute approximate surface area is 107 Å². The van der Waals surface area contributed by atoms with E-state index in [1.54, 1.807) is 24.1 Å². The molecule has 1 rings (SSSR count). The van der Waals surface area contributed by atoms with Gasteiger partial charge in [0.15, 0.2) is 0 Å². The molecule has 0 radical (unpaired) electrons. The highest BCUT2D eigenvalue weighted by Crippen LogP contribution is 2.18. The number of nitrogens with zero attached hydrogens (tertiary/aromatic N) is 2. The Morgan fingerprint density at radius 3 is 2.76 bits per heavy atom. The van der Waals surface area contributed by atoms with Crippen molar-refractivity contribution >= 4 is 17.5 Å². The lowest BCUT2D eigenvalue weighted by Crippen LogP contribution is -2.34. The molecule has 0 fully saturated rings. The minimum atomic E-state index is -0.116. The minimum Gasteiger partial charge on any atom is -0.338 e. The van der Waals surface area contributed by atoms with Gasteiger partial charge in [-0.25, -0.2) is 0 Å². The molecule has 0 aliphatic heterocycles. The van der Waals surface area contributed by atoms with Crippen molar-refractivity contribution in [2.45, 2.75) is 26.3 Å². The predicted molar refractivity (Wildman–Crippen MR) is 68.0 cm³/mol. The van der Waals surface area contributed by atoms with Gasteiger partial charge in [-0.3, -0.25) is 4.79 Å². The predicted octanol–water partition coefficient (Wildman–Crippen LogP) is 3.02. The summed E-state index contributed by atoms with van der Waals surface area (Å²) in [5, 5.41) is 9.19. The van der Waals surface area contributed by atoms with Crippen LogP contribution in [0.5, 0.6) is 0 Å². The smallest absolute Gasteiger partial charge is 0.253 e. The van der Waals surface area contributed by atoms with Crippen molar-refractivity contribution in [3.63, 3.8) is 0 Å². The van der Waals surface area contributed by atoms with Crippen LogP contribution in [0.4, 0.5) is 0 Å². The number of nitriles is 1. The van der Waals surface area contributed by atoms with Crippen molar-refractivity contribution in [3.05, 3.63) is 34.3 Å². The van der Waals surface area contributed by atoms with Crippen LogP contribution in [0, 0.1) is 18.3 Å². The van der Waals surface area contributed by atoms with Crippen molar-refractivity contribution in [1.82, 2.24) is 4.90 Å². The zero-order valence-electron chi connectivity index (χ0n) is 10.2. The van der Waals surface area contributed by atoms with Crippen LogP contribution in [0.15, 0.2) is 18.2 Å². The number of rotatable bonds is 3. The molecule has 0 aliphatic carbocycles. The maximum Gasteiger partial charge on any atom is 0.253 e. The number of halogens is 1. The van der Waals surface area contributed by atoms with E-state index in [0.29, 0.717) is 17.0 Å². The number of aryl methyl sites for hydroxylation is 1. The van der Waals surface area contributed by atoms with Gasteiger partial charge >= 0.3 is 0 Å². The molecule has 1 amide bonds. The van der Waals surface area contributed by atoms with Crippen molar-refractivity contribution in [2.24, 2.45) is 0 Å². The molecule has 4 heteroatoms. The fourth-order valence-electron chi connectivity index (χ4n) is 1.40. The normalized spacial score (nSPS) is 11.7. The standard InChI is InChI=1S/C13H15ClN2O/c1-9-4-5-11(8-12(9)14)13(17)16(3)10(2)6-7-15/h4-5,8,10H,6H2,1-3H3. The average molecular weight is 251 g/mol. The number of benzene rings is 1. The van der Waals surface area contributed by atoms with Gasteiger partial charge in [-0.2, -0.15) is 5.26 Å². The number of hydrogen-bond acceptors (Lipinski definition) is 2. The number of hydrogen-bond donors (Lipinski definition) is 0. The third kappa shape index (κ3) is 3.21. The molecule has 1 aromatic carbocycles. The first-order chi connectivity index (χ1) is 7.97. The molecule has 0 aromatic heterocycles. The molecule has 0 N–H and O–H groups in total. The fourth-order valence-corrected chi connectivity index (χ4v) is 1.58. The average Bonchev–Trinajstić information content (AvgIpc) is 2.31. The summed E-state index contributed by atoms with van der Waals surface area (Å²) in [5.41, 5.74) is 1.49. The molecule has 1 unspecified atom stereocenters. The summed E-state index contributed by atoms with van der Waals surface area (Å²) in [7, 11) is 1.69. The quantitative estimate of drug-likeness (QED) is 0.828. The van der Waals surface area contributed by atoms with Gasteiger partial charge in [0.2, 0.25) is 0 Å². The van der Waals surface area contributed by atoms with Crippen LogP contribution < -0.4 is 0 Å². The second-order valence-corrected chi connectivity index (χ2v) is 4.50. The fraction of sp³-hybridized carbons (Fsp3) is 0.385. The second-order valence-electron chi connectivity index (χ2n) is 4.09. The molecule has 90 valence electrons. The summed E-state index contributed by atoms with van der Waals surface area (Å²) in [6.07, 6.45) is 0.321. The molecule has 0 aliphatic rings. The van der Waals surface area contributed by atoms with E-state index in [2.05, 4.69) is 6.07 Å². The van der Waals surface area contributed by atoms with Crippen molar-refractivity contribution in [1.29, 1.82) is 5.26 Å². The zero-order valence-corrected chi connectivity index (χ0v) is 11.0. The van der Waals surface area contributed by atoms with E-state index < -0.39 is 0 Å². The van der Waals surface area contributed by atoms with E-state index in [9.17, 15) is 4.79 Å². The lowest BCUT2D eigenvalue weighted by Gasteiger charge is -2.23. The molecule has 0 saturated heterocycles. The summed E-state index contributed by atoms with van der Waals surface area (Å²) in [6.45, 7) is 3.73. The first-order valence-electron chi connectivity index (χ1n) is 5.37. The van der Waals surface area contributed by atoms with E-state index in [4.69, 9.17) is 16.9 Å². The molecule has 0 saturated carbocycles. The molecule has 17 heavy (non-hydrogen) atoms. The van der Waals surface area contributed by atoms with Crippen LogP contribution in [0.25, 0.3) is 0 Å². The molecule has 0 heterocycles. The number of carbonyl (C=O) groups is 1. The summed E-state index contributed by atoms with van der Waals surface area (Å²) < 4.78 is 0. The van der Waals surface area contributed by atoms with E-state index in [-0.39, 0.29) is 11.9 Å². The molecular formula is C13H15ClN2O. The maximum atomic E-state index is 12.1. The van der Waals surface area contributed by atoms with E-state index >= 15 is 0 Å². The molecule has 0 bridgehead atoms. The largest absolute Gasteiger partial charge is 0.338 e. The summed E-state index contributed by atoms with van der Waals surface area (Å²) in [6, 6.07) is 7.18. The lowest BCUT2D eigenvalue weighted by atomic mass is 10.1. The van der Waals surface area contributed by atoms with Gasteiger partial charge in [0.25, 0.3) is 5.91 Å². The Balaban J connectivity index is 2.89. The van der Waals surface area contributed by atoms with Crippen LogP contribution in [0.2, 0.25) is 5.02 Å². The van der Waals surface area contributed by atoms with Crippen LogP contribution in [0.1, 0.15) is 29.3 Å². The molecule has 0 spiro atoms. The van der Waals surface area contributed by atoms with Gasteiger partial charge in [-0.05, 0) is 31.5 Å². The van der Waals surface area contributed by atoms with Gasteiger partial charge in [0, 0.05) is 23.7 Å². The van der Waals surface area contributed by atoms with E-state index in [0.717, 1.165) is 5.56 Å². The Bertz CT molecular complexity index is 465. The molecule has 3 nitrogen and oxygen atoms in total. The van der Waals surface area contributed by atoms with Crippen LogP contribution in [0.3, 0.4) is 0 Å². The monoisotopic (exact) mass is 250 g/mol. The Kier molecular flexibility index (Phi) is 4.53. The van der Waals surface area contributed by atoms with E-state index in [1.165, 1.54) is 0 Å². The first-order valence-corrected chi connectivity index (χ1v) is 5.75. The van der Waals surface area contributed by atoms with Crippen LogP contribution >= 0.6 is 11.6 Å². The Morgan fingerprint density at radius 2 is 2.24 bits per heavy atom. The van der Waals surface area contributed by atoms with E-state index in [1.807, 2.05) is 19.9 Å². The van der Waals surface area contributed by atoms with Gasteiger partial charge in [-0.15, -0.1) is 0 Å². The molecule has 1 atom stereocenters. The van der Waals surface area contributed by atoms with Gasteiger partial charge in [-0.1, -0.05) is 17.7 Å².